The molecule has 2 aliphatic carbocycles. The molecule has 37 heteroatoms. The van der Waals surface area contributed by atoms with Gasteiger partial charge in [0.2, 0.25) is 11.8 Å². The van der Waals surface area contributed by atoms with E-state index in [1.807, 2.05) is 0 Å². The number of phosphoric acid groups is 1. The van der Waals surface area contributed by atoms with Crippen LogP contribution in [0.2, 0.25) is 5.02 Å². The third-order valence-electron chi connectivity index (χ3n) is 15.7. The minimum absolute atomic E-state index is 0.0151. The molecule has 0 spiro atoms. The topological polar surface area (TPSA) is 321 Å². The summed E-state index contributed by atoms with van der Waals surface area (Å²) in [5.41, 5.74) is -6.62. The molecule has 99 heavy (non-hydrogen) atoms. The smallest absolute Gasteiger partial charge is 0.530 e. The molecule has 3 heterocycles. The van der Waals surface area contributed by atoms with E-state index >= 15 is 17.6 Å². The molecule has 8 rings (SSSR count). The number of hydrogen-bond acceptors (Lipinski definition) is 16. The van der Waals surface area contributed by atoms with Crippen LogP contribution in [0, 0.1) is 29.4 Å². The van der Waals surface area contributed by atoms with E-state index < -0.39 is 231 Å². The number of ketones is 1. The number of aromatic nitrogens is 5. The molecule has 0 bridgehead atoms. The summed E-state index contributed by atoms with van der Waals surface area (Å²) in [4.78, 5) is 70.1. The highest BCUT2D eigenvalue weighted by atomic mass is 35.5. The van der Waals surface area contributed by atoms with Crippen LogP contribution in [0.3, 0.4) is 0 Å². The summed E-state index contributed by atoms with van der Waals surface area (Å²) in [7, 11) is -8.57. The highest BCUT2D eigenvalue weighted by molar-refractivity contribution is 7.92. The number of aliphatic carboxylic acids is 2. The van der Waals surface area contributed by atoms with Crippen molar-refractivity contribution in [1.29, 1.82) is 0 Å². The van der Waals surface area contributed by atoms with Crippen molar-refractivity contribution >= 4 is 81.0 Å². The van der Waals surface area contributed by atoms with Crippen LogP contribution < -0.4 is 15.2 Å². The van der Waals surface area contributed by atoms with E-state index in [9.17, 15) is 82.3 Å². The Bertz CT molecular complexity index is 4410. The number of pyridine rings is 1. The Morgan fingerprint density at radius 3 is 2.11 bits per heavy atom. The number of carboxylic acids is 2. The second kappa shape index (κ2) is 29.4. The van der Waals surface area contributed by atoms with Crippen LogP contribution in [0.25, 0.3) is 22.0 Å². The van der Waals surface area contributed by atoms with E-state index in [0.29, 0.717) is 15.1 Å². The Kier molecular flexibility index (Phi) is 22.8. The molecule has 4 N–H and O–H groups in total. The Hall–Kier alpha value is -7.84. The minimum Gasteiger partial charge on any atom is -0.760 e. The summed E-state index contributed by atoms with van der Waals surface area (Å²) in [5.74, 6) is -12.0. The average molecular weight is 1480 g/mol. The second-order valence-electron chi connectivity index (χ2n) is 24.7. The molecule has 0 saturated heterocycles. The molecule has 2 aliphatic rings. The van der Waals surface area contributed by atoms with E-state index in [0.717, 1.165) is 42.7 Å². The Balaban J connectivity index is 1.23. The molecule has 3 aromatic carbocycles. The van der Waals surface area contributed by atoms with Gasteiger partial charge in [-0.2, -0.15) is 45.3 Å². The van der Waals surface area contributed by atoms with Crippen LogP contribution in [0.5, 0.6) is 5.75 Å². The first-order valence-electron chi connectivity index (χ1n) is 29.9. The molecular formula is C62H63ClF10N8O15PS2-. The van der Waals surface area contributed by atoms with E-state index in [1.54, 1.807) is 0 Å². The zero-order valence-corrected chi connectivity index (χ0v) is 56.8. The van der Waals surface area contributed by atoms with Gasteiger partial charge in [0.05, 0.1) is 66.1 Å². The Labute approximate surface area is 566 Å². The fraction of sp³-hybridized carbons (Fsp3) is 0.452. The highest BCUT2D eigenvalue weighted by Crippen LogP contribution is 2.68. The van der Waals surface area contributed by atoms with Crippen molar-refractivity contribution in [3.05, 3.63) is 128 Å². The van der Waals surface area contributed by atoms with Crippen LogP contribution in [0.4, 0.5) is 43.9 Å². The standard InChI is InChI=1S/C62H64ClF10N8O15PS2/c1-30(2)94-97(89,95-31(3)4)96-47-11-9-10-34(22-48(83)76-45(58(87)88)25-50(85)86)51(47)32(5)18-38(82)26-79(98(90)91)27-46-53-43(63)15-14-40(55(53)81(77-46)29-60(66,67)68)39-13-12-37(16-17-59(6,7)99(8,92)93)74-54(39)44(21-33-19-35(64)23-36(65)20-33)75-49(84)28-80-57-52(56(78-80)62(71,72)73)41-24-42(41)61(57,69)70/h9-15,19-20,23,30-32,41-42,44-45H,18,21-22,24-29H2,1-8H3,(H,75,84)(H,76,83)(H,85,86)(H,87,88)(H,90,91)/p-1/t32?,41-,42+,44-,45-/m0/s1. The molecule has 0 aliphatic heterocycles. The summed E-state index contributed by atoms with van der Waals surface area (Å²) in [6.07, 6.45) is -14.7. The Morgan fingerprint density at radius 1 is 0.899 bits per heavy atom. The molecule has 2 unspecified atom stereocenters. The number of benzene rings is 3. The van der Waals surface area contributed by atoms with Gasteiger partial charge in [-0.25, -0.2) is 35.8 Å². The molecule has 0 radical (unpaired) electrons. The first-order valence-corrected chi connectivity index (χ1v) is 34.7. The molecule has 6 aromatic rings. The number of nitrogens with zero attached hydrogens (tertiary/aromatic N) is 6. The van der Waals surface area contributed by atoms with Gasteiger partial charge >= 0.3 is 32.1 Å². The number of nitrogens with one attached hydrogen (secondary N) is 2. The largest absolute Gasteiger partial charge is 0.760 e. The quantitative estimate of drug-likeness (QED) is 0.0147. The number of carbonyl (C=O) groups excluding carboxylic acids is 3. The maximum atomic E-state index is 15.8. The molecular weight excluding hydrogens is 1420 g/mol. The van der Waals surface area contributed by atoms with Gasteiger partial charge in [0.15, 0.2) is 15.5 Å². The van der Waals surface area contributed by atoms with E-state index in [2.05, 4.69) is 37.7 Å². The molecule has 1 saturated carbocycles. The van der Waals surface area contributed by atoms with Crippen molar-refractivity contribution in [3.8, 4) is 28.7 Å². The lowest BCUT2D eigenvalue weighted by molar-refractivity contribution is -0.147. The van der Waals surface area contributed by atoms with Crippen molar-refractivity contribution < 1.29 is 113 Å². The van der Waals surface area contributed by atoms with Gasteiger partial charge in [-0.15, -0.1) is 0 Å². The van der Waals surface area contributed by atoms with Gasteiger partial charge in [0.25, 0.3) is 5.92 Å². The summed E-state index contributed by atoms with van der Waals surface area (Å²) in [6, 6.07) is 6.72. The summed E-state index contributed by atoms with van der Waals surface area (Å²) in [5, 5.41) is 30.2. The second-order valence-corrected chi connectivity index (χ2v) is 30.1. The number of hydrogen-bond donors (Lipinski definition) is 4. The van der Waals surface area contributed by atoms with Crippen LogP contribution in [0.15, 0.2) is 60.7 Å². The maximum absolute atomic E-state index is 15.8. The van der Waals surface area contributed by atoms with Crippen molar-refractivity contribution in [2.75, 3.05) is 12.8 Å². The third-order valence-corrected chi connectivity index (χ3v) is 20.5. The lowest BCUT2D eigenvalue weighted by Crippen LogP contribution is -2.43. The number of fused-ring (bicyclic) bond motifs is 4. The lowest BCUT2D eigenvalue weighted by atomic mass is 9.89. The fourth-order valence-electron chi connectivity index (χ4n) is 11.4. The predicted octanol–water partition coefficient (Wildman–Crippen LogP) is 10.6. The fourth-order valence-corrected chi connectivity index (χ4v) is 13.9. The average Bonchev–Trinajstić information content (AvgIpc) is 1.52. The summed E-state index contributed by atoms with van der Waals surface area (Å²) in [6.45, 7) is 4.39. The molecule has 23 nitrogen and oxygen atoms in total. The number of phosphoric ester groups is 1. The van der Waals surface area contributed by atoms with Crippen molar-refractivity contribution in [2.45, 2.75) is 159 Å². The Morgan fingerprint density at radius 2 is 1.54 bits per heavy atom. The number of amides is 2. The van der Waals surface area contributed by atoms with E-state index in [4.69, 9.17) is 25.2 Å². The molecule has 6 atom stereocenters. The van der Waals surface area contributed by atoms with Crippen LogP contribution in [0.1, 0.15) is 136 Å². The normalized spacial score (nSPS) is 16.6. The molecule has 536 valence electrons. The van der Waals surface area contributed by atoms with Crippen LogP contribution in [-0.4, -0.2) is 128 Å². The third kappa shape index (κ3) is 18.4. The van der Waals surface area contributed by atoms with Crippen molar-refractivity contribution in [3.63, 3.8) is 0 Å². The van der Waals surface area contributed by atoms with Gasteiger partial charge in [0, 0.05) is 63.6 Å². The number of sulfone groups is 1. The van der Waals surface area contributed by atoms with Gasteiger partial charge in [0.1, 0.15) is 58.4 Å². The predicted molar refractivity (Wildman–Crippen MR) is 333 cm³/mol. The summed E-state index contributed by atoms with van der Waals surface area (Å²) >= 11 is 3.36. The first kappa shape index (κ1) is 76.9. The van der Waals surface area contributed by atoms with Gasteiger partial charge in [-0.1, -0.05) is 42.6 Å². The van der Waals surface area contributed by atoms with Crippen molar-refractivity contribution in [2.24, 2.45) is 5.92 Å². The number of rotatable bonds is 29. The number of Topliss-reactive ketones (excluding diaryl/α,β-unsaturated/α-hetero) is 1. The first-order chi connectivity index (χ1) is 45.8. The molecule has 2 amide bonds. The SMILES string of the molecule is CC(C)OP(=O)(Oc1cccc(CC(=O)N[C@@H](CC(=O)O)C(=O)O)c1C(C)CC(=O)CN(Cc1nn(CC(F)(F)F)c2c(-c3ccc(C#CC(C)(C)S(C)(=O)=O)nc3[C@H](Cc3cc(F)cc(F)c3)NC(=O)Cn3nc(C(F)(F)F)c4c3C(F)(F)[C@@H]3C[C@H]43)ccc(Cl)c12)S(=O)[O-])OC(C)C. The molecule has 1 fully saturated rings. The van der Waals surface area contributed by atoms with Crippen molar-refractivity contribution in [1.82, 2.24) is 39.5 Å². The summed E-state index contributed by atoms with van der Waals surface area (Å²) < 4.78 is 232. The zero-order valence-electron chi connectivity index (χ0n) is 53.5. The number of alkyl halides is 8. The van der Waals surface area contributed by atoms with Gasteiger partial charge < -0.3 is 29.9 Å². The number of carbonyl (C=O) groups is 5. The van der Waals surface area contributed by atoms with Crippen LogP contribution in [-0.2, 0) is 103 Å². The minimum atomic E-state index is -5.27. The monoisotopic (exact) mass is 1480 g/mol. The lowest BCUT2D eigenvalue weighted by Gasteiger charge is -2.26. The van der Waals surface area contributed by atoms with E-state index in [-0.39, 0.29) is 50.4 Å². The van der Waals surface area contributed by atoms with Gasteiger partial charge in [-0.05, 0) is 120 Å². The number of carboxylic acid groups (broad SMARTS) is 2. The van der Waals surface area contributed by atoms with Crippen LogP contribution >= 0.6 is 19.4 Å². The number of halogens is 11. The molecule has 3 aromatic heterocycles. The highest BCUT2D eigenvalue weighted by Gasteiger charge is 2.68. The van der Waals surface area contributed by atoms with Gasteiger partial charge in [-0.3, -0.25) is 41.8 Å². The maximum Gasteiger partial charge on any atom is 0.530 e. The zero-order chi connectivity index (χ0) is 73.6. The van der Waals surface area contributed by atoms with E-state index in [1.165, 1.54) is 66.7 Å².